The Bertz CT molecular complexity index is 413. The number of rotatable bonds is 4. The molecule has 1 aromatic rings. The molecule has 1 amide bonds. The van der Waals surface area contributed by atoms with Crippen molar-refractivity contribution in [1.29, 1.82) is 0 Å². The fourth-order valence-corrected chi connectivity index (χ4v) is 2.95. The Balaban J connectivity index is 1.96. The minimum absolute atomic E-state index is 0.0287. The van der Waals surface area contributed by atoms with Gasteiger partial charge in [0.2, 0.25) is 5.91 Å². The first-order valence-electron chi connectivity index (χ1n) is 7.33. The zero-order valence-electron chi connectivity index (χ0n) is 11.9. The molecule has 2 unspecified atom stereocenters. The lowest BCUT2D eigenvalue weighted by Crippen LogP contribution is -2.31. The van der Waals surface area contributed by atoms with E-state index in [-0.39, 0.29) is 5.91 Å². The highest BCUT2D eigenvalue weighted by Crippen LogP contribution is 2.29. The van der Waals surface area contributed by atoms with Crippen molar-refractivity contribution < 1.29 is 4.79 Å². The second-order valence-electron chi connectivity index (χ2n) is 5.46. The molecule has 2 atom stereocenters. The van der Waals surface area contributed by atoms with Gasteiger partial charge in [-0.2, -0.15) is 0 Å². The number of hydrogen-bond acceptors (Lipinski definition) is 2. The summed E-state index contributed by atoms with van der Waals surface area (Å²) >= 11 is 0. The lowest BCUT2D eigenvalue weighted by molar-refractivity contribution is -0.114. The fraction of sp³-hybridized carbons (Fsp3) is 0.562. The van der Waals surface area contributed by atoms with Crippen LogP contribution < -0.4 is 10.6 Å². The summed E-state index contributed by atoms with van der Waals surface area (Å²) in [6.45, 7) is 3.81. The van der Waals surface area contributed by atoms with E-state index in [2.05, 4.69) is 17.6 Å². The molecule has 3 heteroatoms. The zero-order chi connectivity index (χ0) is 13.7. The van der Waals surface area contributed by atoms with Gasteiger partial charge in [-0.15, -0.1) is 0 Å². The second kappa shape index (κ2) is 6.60. The number of anilines is 2. The number of amides is 1. The van der Waals surface area contributed by atoms with Gasteiger partial charge < -0.3 is 10.6 Å². The molecule has 2 N–H and O–H groups in total. The fourth-order valence-electron chi connectivity index (χ4n) is 2.95. The van der Waals surface area contributed by atoms with Gasteiger partial charge in [-0.05, 0) is 43.0 Å². The maximum absolute atomic E-state index is 11.0. The third-order valence-electron chi connectivity index (χ3n) is 3.99. The Morgan fingerprint density at radius 2 is 1.79 bits per heavy atom. The Morgan fingerprint density at radius 3 is 2.42 bits per heavy atom. The SMILES string of the molecule is CCC1CCCCC1Nc1ccc(NC(C)=O)cc1. The van der Waals surface area contributed by atoms with Crippen LogP contribution in [0.15, 0.2) is 24.3 Å². The third kappa shape index (κ3) is 3.98. The molecule has 1 fully saturated rings. The molecule has 0 spiro atoms. The second-order valence-corrected chi connectivity index (χ2v) is 5.46. The lowest BCUT2D eigenvalue weighted by atomic mass is 9.83. The topological polar surface area (TPSA) is 41.1 Å². The van der Waals surface area contributed by atoms with Crippen molar-refractivity contribution in [1.82, 2.24) is 0 Å². The Morgan fingerprint density at radius 1 is 1.16 bits per heavy atom. The van der Waals surface area contributed by atoms with E-state index in [1.165, 1.54) is 39.0 Å². The lowest BCUT2D eigenvalue weighted by Gasteiger charge is -2.32. The van der Waals surface area contributed by atoms with Gasteiger partial charge >= 0.3 is 0 Å². The molecule has 0 aromatic heterocycles. The number of carbonyl (C=O) groups is 1. The van der Waals surface area contributed by atoms with Gasteiger partial charge in [0.1, 0.15) is 0 Å². The standard InChI is InChI=1S/C16H24N2O/c1-3-13-6-4-5-7-16(13)18-15-10-8-14(9-11-15)17-12(2)19/h8-11,13,16,18H,3-7H2,1-2H3,(H,17,19). The monoisotopic (exact) mass is 260 g/mol. The van der Waals surface area contributed by atoms with Crippen molar-refractivity contribution in [3.63, 3.8) is 0 Å². The molecule has 2 rings (SSSR count). The summed E-state index contributed by atoms with van der Waals surface area (Å²) in [6, 6.07) is 8.60. The van der Waals surface area contributed by atoms with Gasteiger partial charge in [0.25, 0.3) is 0 Å². The van der Waals surface area contributed by atoms with Crippen LogP contribution in [0.3, 0.4) is 0 Å². The van der Waals surface area contributed by atoms with Crippen molar-refractivity contribution in [3.05, 3.63) is 24.3 Å². The highest BCUT2D eigenvalue weighted by atomic mass is 16.1. The molecular formula is C16H24N2O. The molecule has 1 saturated carbocycles. The van der Waals surface area contributed by atoms with Crippen LogP contribution in [-0.4, -0.2) is 11.9 Å². The first kappa shape index (κ1) is 13.9. The van der Waals surface area contributed by atoms with Crippen LogP contribution in [0.4, 0.5) is 11.4 Å². The molecule has 0 bridgehead atoms. The summed E-state index contributed by atoms with van der Waals surface area (Å²) in [5.74, 6) is 0.766. The maximum atomic E-state index is 11.0. The Kier molecular flexibility index (Phi) is 4.83. The van der Waals surface area contributed by atoms with Crippen LogP contribution >= 0.6 is 0 Å². The molecule has 0 aliphatic heterocycles. The summed E-state index contributed by atoms with van der Waals surface area (Å²) in [6.07, 6.45) is 6.57. The van der Waals surface area contributed by atoms with Crippen LogP contribution in [0.1, 0.15) is 46.0 Å². The van der Waals surface area contributed by atoms with Crippen molar-refractivity contribution in [2.24, 2.45) is 5.92 Å². The number of benzene rings is 1. The molecule has 1 aromatic carbocycles. The molecule has 3 nitrogen and oxygen atoms in total. The number of carbonyl (C=O) groups excluding carboxylic acids is 1. The molecule has 19 heavy (non-hydrogen) atoms. The van der Waals surface area contributed by atoms with Gasteiger partial charge in [0, 0.05) is 24.3 Å². The van der Waals surface area contributed by atoms with E-state index in [4.69, 9.17) is 0 Å². The van der Waals surface area contributed by atoms with Gasteiger partial charge in [0.05, 0.1) is 0 Å². The smallest absolute Gasteiger partial charge is 0.221 e. The van der Waals surface area contributed by atoms with Crippen molar-refractivity contribution in [3.8, 4) is 0 Å². The van der Waals surface area contributed by atoms with Gasteiger partial charge in [-0.25, -0.2) is 0 Å². The molecule has 0 saturated heterocycles. The normalized spacial score (nSPS) is 22.8. The highest BCUT2D eigenvalue weighted by molar-refractivity contribution is 5.88. The third-order valence-corrected chi connectivity index (χ3v) is 3.99. The predicted molar refractivity (Wildman–Crippen MR) is 80.4 cm³/mol. The summed E-state index contributed by atoms with van der Waals surface area (Å²) in [4.78, 5) is 11.0. The average molecular weight is 260 g/mol. The molecule has 0 heterocycles. The first-order valence-corrected chi connectivity index (χ1v) is 7.33. The van der Waals surface area contributed by atoms with E-state index >= 15 is 0 Å². The molecular weight excluding hydrogens is 236 g/mol. The first-order chi connectivity index (χ1) is 9.19. The Labute approximate surface area is 115 Å². The summed E-state index contributed by atoms with van der Waals surface area (Å²) in [7, 11) is 0. The van der Waals surface area contributed by atoms with Crippen molar-refractivity contribution in [2.75, 3.05) is 10.6 Å². The van der Waals surface area contributed by atoms with Crippen LogP contribution in [0.5, 0.6) is 0 Å². The predicted octanol–water partition coefficient (Wildman–Crippen LogP) is 4.03. The largest absolute Gasteiger partial charge is 0.382 e. The van der Waals surface area contributed by atoms with Gasteiger partial charge in [-0.3, -0.25) is 4.79 Å². The molecule has 1 aliphatic rings. The minimum Gasteiger partial charge on any atom is -0.382 e. The quantitative estimate of drug-likeness (QED) is 0.858. The maximum Gasteiger partial charge on any atom is 0.221 e. The van der Waals surface area contributed by atoms with Crippen molar-refractivity contribution >= 4 is 17.3 Å². The van der Waals surface area contributed by atoms with Crippen molar-refractivity contribution in [2.45, 2.75) is 52.0 Å². The van der Waals surface area contributed by atoms with E-state index in [1.54, 1.807) is 0 Å². The zero-order valence-corrected chi connectivity index (χ0v) is 11.9. The number of nitrogens with one attached hydrogen (secondary N) is 2. The highest BCUT2D eigenvalue weighted by Gasteiger charge is 2.23. The van der Waals surface area contributed by atoms with E-state index in [1.807, 2.05) is 24.3 Å². The van der Waals surface area contributed by atoms with Crippen LogP contribution in [0.25, 0.3) is 0 Å². The van der Waals surface area contributed by atoms with Crippen LogP contribution in [-0.2, 0) is 4.79 Å². The molecule has 1 aliphatic carbocycles. The minimum atomic E-state index is -0.0287. The van der Waals surface area contributed by atoms with Gasteiger partial charge in [0.15, 0.2) is 0 Å². The van der Waals surface area contributed by atoms with E-state index in [0.717, 1.165) is 17.3 Å². The number of hydrogen-bond donors (Lipinski definition) is 2. The Hall–Kier alpha value is -1.51. The van der Waals surface area contributed by atoms with E-state index in [9.17, 15) is 4.79 Å². The molecule has 104 valence electrons. The summed E-state index contributed by atoms with van der Waals surface area (Å²) in [5, 5.41) is 6.44. The molecule has 0 radical (unpaired) electrons. The summed E-state index contributed by atoms with van der Waals surface area (Å²) < 4.78 is 0. The van der Waals surface area contributed by atoms with Crippen LogP contribution in [0.2, 0.25) is 0 Å². The van der Waals surface area contributed by atoms with Gasteiger partial charge in [-0.1, -0.05) is 26.2 Å². The van der Waals surface area contributed by atoms with E-state index < -0.39 is 0 Å². The average Bonchev–Trinajstić information content (AvgIpc) is 2.41. The summed E-state index contributed by atoms with van der Waals surface area (Å²) in [5.41, 5.74) is 2.01. The van der Waals surface area contributed by atoms with E-state index in [0.29, 0.717) is 6.04 Å². The van der Waals surface area contributed by atoms with Crippen LogP contribution in [0, 0.1) is 5.92 Å².